The summed E-state index contributed by atoms with van der Waals surface area (Å²) < 4.78 is 11.1. The molecule has 7 rings (SSSR count). The van der Waals surface area contributed by atoms with Crippen LogP contribution in [-0.2, 0) is 0 Å². The first-order chi connectivity index (χ1) is 19.7. The second-order valence-electron chi connectivity index (χ2n) is 10.3. The fourth-order valence-electron chi connectivity index (χ4n) is 5.84. The van der Waals surface area contributed by atoms with E-state index >= 15 is 0 Å². The van der Waals surface area contributed by atoms with Crippen molar-refractivity contribution in [2.24, 2.45) is 0 Å². The summed E-state index contributed by atoms with van der Waals surface area (Å²) in [6.07, 6.45) is 0. The van der Waals surface area contributed by atoms with Crippen LogP contribution in [0.15, 0.2) is 138 Å². The molecule has 40 heavy (non-hydrogen) atoms. The van der Waals surface area contributed by atoms with Crippen LogP contribution in [0.25, 0.3) is 42.6 Å². The minimum absolute atomic E-state index is 0.154. The Morgan fingerprint density at radius 1 is 0.550 bits per heavy atom. The Labute approximate surface area is 239 Å². The van der Waals surface area contributed by atoms with Crippen LogP contribution < -0.4 is 4.67 Å². The van der Waals surface area contributed by atoms with Crippen LogP contribution in [0.1, 0.15) is 37.1 Å². The molecule has 1 heterocycles. The van der Waals surface area contributed by atoms with Crippen LogP contribution in [-0.4, -0.2) is 0 Å². The van der Waals surface area contributed by atoms with Crippen molar-refractivity contribution in [3.63, 3.8) is 0 Å². The van der Waals surface area contributed by atoms with Crippen molar-refractivity contribution >= 4 is 60.6 Å². The third kappa shape index (κ3) is 4.41. The summed E-state index contributed by atoms with van der Waals surface area (Å²) in [6.45, 7) is 4.63. The van der Waals surface area contributed by atoms with Crippen LogP contribution in [0.4, 0.5) is 0 Å². The standard InChI is InChI=1S/C36H30NOPS/c1-25(27-13-5-3-6-14-27)37(26(2)28-15-7-4-8-16-28)39-38-33-23-21-29-17-9-11-19-31(29)35(33)36-32-20-12-10-18-30(32)22-24-34(36)40-39/h3-26H,1-2H3/t25-,26-,39?/m0/s1. The minimum atomic E-state index is -1.12. The molecule has 0 fully saturated rings. The van der Waals surface area contributed by atoms with Crippen LogP contribution in [0.2, 0.25) is 0 Å². The third-order valence-electron chi connectivity index (χ3n) is 7.93. The Kier molecular flexibility index (Phi) is 6.65. The van der Waals surface area contributed by atoms with Gasteiger partial charge in [0.05, 0.1) is 0 Å². The normalized spacial score (nSPS) is 13.7. The molecule has 0 aliphatic carbocycles. The van der Waals surface area contributed by atoms with Gasteiger partial charge < -0.3 is 4.20 Å². The van der Waals surface area contributed by atoms with Gasteiger partial charge in [0.1, 0.15) is 5.58 Å². The molecule has 7 aromatic rings. The first-order valence-corrected chi connectivity index (χ1v) is 16.4. The summed E-state index contributed by atoms with van der Waals surface area (Å²) in [7, 11) is 0.759. The summed E-state index contributed by atoms with van der Waals surface area (Å²) in [5.41, 5.74) is 3.54. The second-order valence-corrected chi connectivity index (χ2v) is 13.5. The summed E-state index contributed by atoms with van der Waals surface area (Å²) in [5, 5.41) is 7.45. The quantitative estimate of drug-likeness (QED) is 0.210. The van der Waals surface area contributed by atoms with Crippen molar-refractivity contribution in [1.29, 1.82) is 0 Å². The maximum Gasteiger partial charge on any atom is 0.181 e. The van der Waals surface area contributed by atoms with E-state index in [0.717, 1.165) is 5.58 Å². The lowest BCUT2D eigenvalue weighted by Crippen LogP contribution is -2.26. The number of hydrogen-bond acceptors (Lipinski definition) is 3. The van der Waals surface area contributed by atoms with E-state index in [2.05, 4.69) is 152 Å². The first-order valence-electron chi connectivity index (χ1n) is 13.8. The maximum absolute atomic E-state index is 7.20. The number of fused-ring (bicyclic) bond motifs is 7. The fourth-order valence-corrected chi connectivity index (χ4v) is 10.3. The van der Waals surface area contributed by atoms with E-state index in [4.69, 9.17) is 4.20 Å². The highest BCUT2D eigenvalue weighted by molar-refractivity contribution is 7.90. The Balaban J connectivity index is 1.60. The molecule has 0 bridgehead atoms. The smallest absolute Gasteiger partial charge is 0.181 e. The monoisotopic (exact) mass is 555 g/mol. The van der Waals surface area contributed by atoms with Crippen LogP contribution in [0.5, 0.6) is 0 Å². The van der Waals surface area contributed by atoms with Gasteiger partial charge in [-0.2, -0.15) is 0 Å². The van der Waals surface area contributed by atoms with Crippen molar-refractivity contribution in [1.82, 2.24) is 0 Å². The highest BCUT2D eigenvalue weighted by Crippen LogP contribution is 2.51. The van der Waals surface area contributed by atoms with Crippen molar-refractivity contribution in [3.05, 3.63) is 145 Å². The van der Waals surface area contributed by atoms with E-state index in [1.54, 1.807) is 0 Å². The Morgan fingerprint density at radius 3 is 1.65 bits per heavy atom. The lowest BCUT2D eigenvalue weighted by Gasteiger charge is -2.33. The SMILES string of the molecule is C[C@@H](c1ccccc1)N([C@@H](C)c1ccccc1)p1oc2ccc3ccccc3c2c2c(ccc3ccccc32)s1. The largest absolute Gasteiger partial charge is 0.426 e. The van der Waals surface area contributed by atoms with Gasteiger partial charge in [0.2, 0.25) is 0 Å². The number of rotatable bonds is 5. The summed E-state index contributed by atoms with van der Waals surface area (Å²) in [6, 6.07) is 48.3. The first kappa shape index (κ1) is 25.1. The van der Waals surface area contributed by atoms with Gasteiger partial charge >= 0.3 is 0 Å². The molecule has 4 heteroatoms. The van der Waals surface area contributed by atoms with Gasteiger partial charge in [-0.3, -0.25) is 0 Å². The topological polar surface area (TPSA) is 16.4 Å². The lowest BCUT2D eigenvalue weighted by atomic mass is 9.99. The van der Waals surface area contributed by atoms with Crippen LogP contribution >= 0.6 is 18.0 Å². The molecular formula is C36H30NOPS. The average Bonchev–Trinajstić information content (AvgIpc) is 3.19. The molecule has 0 aliphatic heterocycles. The second kappa shape index (κ2) is 10.6. The van der Waals surface area contributed by atoms with E-state index in [9.17, 15) is 0 Å². The van der Waals surface area contributed by atoms with Crippen LogP contribution in [0, 0.1) is 0 Å². The molecule has 2 nitrogen and oxygen atoms in total. The van der Waals surface area contributed by atoms with E-state index < -0.39 is 7.10 Å². The van der Waals surface area contributed by atoms with Gasteiger partial charge in [-0.05, 0) is 58.7 Å². The zero-order valence-corrected chi connectivity index (χ0v) is 24.3. The number of benzene rings is 6. The van der Waals surface area contributed by atoms with Gasteiger partial charge in [-0.25, -0.2) is 4.67 Å². The lowest BCUT2D eigenvalue weighted by molar-refractivity contribution is 0.606. The van der Waals surface area contributed by atoms with Crippen molar-refractivity contribution in [2.45, 2.75) is 25.9 Å². The number of nitrogens with zero attached hydrogens (tertiary/aromatic N) is 1. The van der Waals surface area contributed by atoms with Gasteiger partial charge in [0.25, 0.3) is 0 Å². The summed E-state index contributed by atoms with van der Waals surface area (Å²) >= 11 is 0. The van der Waals surface area contributed by atoms with Crippen molar-refractivity contribution in [3.8, 4) is 0 Å². The molecule has 0 spiro atoms. The molecule has 6 aromatic carbocycles. The molecular weight excluding hydrogens is 525 g/mol. The highest BCUT2D eigenvalue weighted by atomic mass is 32.5. The van der Waals surface area contributed by atoms with E-state index in [1.807, 2.05) is 10.9 Å². The van der Waals surface area contributed by atoms with Gasteiger partial charge in [0, 0.05) is 27.6 Å². The molecule has 1 unspecified atom stereocenters. The summed E-state index contributed by atoms with van der Waals surface area (Å²) in [4.78, 5) is 0. The molecule has 0 radical (unpaired) electrons. The minimum Gasteiger partial charge on any atom is -0.426 e. The molecule has 0 aliphatic rings. The van der Waals surface area contributed by atoms with Crippen molar-refractivity contribution < 1.29 is 4.20 Å². The van der Waals surface area contributed by atoms with E-state index in [-0.39, 0.29) is 12.1 Å². The molecule has 1 aromatic heterocycles. The third-order valence-corrected chi connectivity index (χ3v) is 11.9. The molecule has 3 atom stereocenters. The zero-order valence-electron chi connectivity index (χ0n) is 22.6. The van der Waals surface area contributed by atoms with Crippen molar-refractivity contribution in [2.75, 3.05) is 4.67 Å². The highest BCUT2D eigenvalue weighted by Gasteiger charge is 2.27. The van der Waals surface area contributed by atoms with E-state index in [0.29, 0.717) is 0 Å². The Bertz CT molecular complexity index is 1860. The molecule has 0 amide bonds. The van der Waals surface area contributed by atoms with E-state index in [1.165, 1.54) is 48.1 Å². The molecule has 196 valence electrons. The zero-order chi connectivity index (χ0) is 27.1. The predicted molar refractivity (Wildman–Crippen MR) is 175 cm³/mol. The molecule has 0 N–H and O–H groups in total. The average molecular weight is 556 g/mol. The van der Waals surface area contributed by atoms with Gasteiger partial charge in [-0.1, -0.05) is 132 Å². The maximum atomic E-state index is 7.20. The Hall–Kier alpha value is -3.88. The molecule has 0 saturated carbocycles. The Morgan fingerprint density at radius 2 is 1.05 bits per heavy atom. The van der Waals surface area contributed by atoms with Crippen LogP contribution in [0.3, 0.4) is 0 Å². The van der Waals surface area contributed by atoms with Gasteiger partial charge in [0.15, 0.2) is 7.10 Å². The summed E-state index contributed by atoms with van der Waals surface area (Å²) in [5.74, 6) is 0. The predicted octanol–water partition coefficient (Wildman–Crippen LogP) is 11.5. The fraction of sp³-hybridized carbons (Fsp3) is 0.111. The number of hydrogen-bond donors (Lipinski definition) is 0. The molecule has 0 saturated heterocycles. The van der Waals surface area contributed by atoms with Gasteiger partial charge in [-0.15, -0.1) is 0 Å².